The summed E-state index contributed by atoms with van der Waals surface area (Å²) in [6.07, 6.45) is 0.826. The van der Waals surface area contributed by atoms with E-state index >= 15 is 0 Å². The molecule has 0 radical (unpaired) electrons. The Balaban J connectivity index is 1.72. The third-order valence-electron chi connectivity index (χ3n) is 3.59. The van der Waals surface area contributed by atoms with Crippen molar-refractivity contribution >= 4 is 27.6 Å². The highest BCUT2D eigenvalue weighted by molar-refractivity contribution is 9.10. The third kappa shape index (κ3) is 3.08. The molecule has 0 aliphatic carbocycles. The quantitative estimate of drug-likeness (QED) is 0.823. The van der Waals surface area contributed by atoms with Crippen molar-refractivity contribution in [3.05, 3.63) is 63.9 Å². The summed E-state index contributed by atoms with van der Waals surface area (Å²) in [5.41, 5.74) is 2.62. The fourth-order valence-corrected chi connectivity index (χ4v) is 2.79. The van der Waals surface area contributed by atoms with Gasteiger partial charge in [-0.05, 0) is 35.7 Å². The number of rotatable bonds is 1. The molecule has 0 unspecified atom stereocenters. The topological polar surface area (TPSA) is 32.3 Å². The van der Waals surface area contributed by atoms with Gasteiger partial charge in [-0.25, -0.2) is 9.18 Å². The molecule has 5 heteroatoms. The number of benzene rings is 2. The minimum Gasteiger partial charge on any atom is -0.320 e. The summed E-state index contributed by atoms with van der Waals surface area (Å²) in [6.45, 7) is 1.20. The van der Waals surface area contributed by atoms with Crippen molar-refractivity contribution < 1.29 is 9.18 Å². The van der Waals surface area contributed by atoms with Crippen molar-refractivity contribution in [2.24, 2.45) is 0 Å². The van der Waals surface area contributed by atoms with E-state index in [0.29, 0.717) is 17.6 Å². The number of carbonyl (C=O) groups is 1. The van der Waals surface area contributed by atoms with Gasteiger partial charge in [0.05, 0.1) is 5.69 Å². The van der Waals surface area contributed by atoms with Crippen molar-refractivity contribution in [1.29, 1.82) is 0 Å². The first-order valence-electron chi connectivity index (χ1n) is 6.71. The molecular weight excluding hydrogens is 335 g/mol. The second-order valence-corrected chi connectivity index (χ2v) is 5.91. The van der Waals surface area contributed by atoms with Gasteiger partial charge in [0.15, 0.2) is 0 Å². The maximum atomic E-state index is 13.8. The normalized spacial score (nSPS) is 13.7. The summed E-state index contributed by atoms with van der Waals surface area (Å²) >= 11 is 3.19. The first kappa shape index (κ1) is 14.1. The molecule has 0 saturated carbocycles. The first-order chi connectivity index (χ1) is 10.1. The number of halogens is 2. The highest BCUT2D eigenvalue weighted by atomic mass is 79.9. The Morgan fingerprint density at radius 3 is 2.71 bits per heavy atom. The molecule has 0 fully saturated rings. The maximum absolute atomic E-state index is 13.8. The van der Waals surface area contributed by atoms with E-state index in [-0.39, 0.29) is 11.7 Å². The number of fused-ring (bicyclic) bond motifs is 1. The van der Waals surface area contributed by atoms with E-state index in [4.69, 9.17) is 0 Å². The molecule has 0 spiro atoms. The molecule has 1 aliphatic rings. The lowest BCUT2D eigenvalue weighted by Crippen LogP contribution is -2.39. The summed E-state index contributed by atoms with van der Waals surface area (Å²) in [6, 6.07) is 12.4. The lowest BCUT2D eigenvalue weighted by Gasteiger charge is -2.29. The number of hydrogen-bond donors (Lipinski definition) is 1. The Bertz CT molecular complexity index is 690. The van der Waals surface area contributed by atoms with Crippen LogP contribution in [-0.2, 0) is 13.0 Å². The standard InChI is InChI=1S/C16H14BrFN2O/c17-13-5-6-15(14(18)9-13)19-16(21)20-8-7-11-3-1-2-4-12(11)10-20/h1-6,9H,7-8,10H2,(H,19,21). The minimum atomic E-state index is -0.449. The van der Waals surface area contributed by atoms with Gasteiger partial charge in [0.25, 0.3) is 0 Å². The number of urea groups is 1. The molecule has 0 aromatic heterocycles. The highest BCUT2D eigenvalue weighted by Gasteiger charge is 2.21. The molecular formula is C16H14BrFN2O. The van der Waals surface area contributed by atoms with Crippen molar-refractivity contribution in [3.63, 3.8) is 0 Å². The van der Waals surface area contributed by atoms with Crippen molar-refractivity contribution in [3.8, 4) is 0 Å². The van der Waals surface area contributed by atoms with Crippen LogP contribution in [0.4, 0.5) is 14.9 Å². The summed E-state index contributed by atoms with van der Waals surface area (Å²) in [7, 11) is 0. The lowest BCUT2D eigenvalue weighted by molar-refractivity contribution is 0.206. The summed E-state index contributed by atoms with van der Waals surface area (Å²) < 4.78 is 14.4. The number of amides is 2. The Morgan fingerprint density at radius 2 is 1.95 bits per heavy atom. The molecule has 1 aliphatic heterocycles. The molecule has 0 atom stereocenters. The zero-order valence-corrected chi connectivity index (χ0v) is 12.9. The number of carbonyl (C=O) groups excluding carboxylic acids is 1. The van der Waals surface area contributed by atoms with E-state index in [2.05, 4.69) is 27.3 Å². The van der Waals surface area contributed by atoms with Crippen LogP contribution in [-0.4, -0.2) is 17.5 Å². The fraction of sp³-hybridized carbons (Fsp3) is 0.188. The Kier molecular flexibility index (Phi) is 3.92. The molecule has 1 heterocycles. The van der Waals surface area contributed by atoms with E-state index in [0.717, 1.165) is 12.0 Å². The number of nitrogens with one attached hydrogen (secondary N) is 1. The second kappa shape index (κ2) is 5.85. The molecule has 3 rings (SSSR count). The molecule has 1 N–H and O–H groups in total. The molecule has 108 valence electrons. The van der Waals surface area contributed by atoms with Crippen LogP contribution in [0.15, 0.2) is 46.9 Å². The number of anilines is 1. The van der Waals surface area contributed by atoms with Gasteiger partial charge in [-0.1, -0.05) is 40.2 Å². The predicted octanol–water partition coefficient (Wildman–Crippen LogP) is 4.18. The molecule has 0 bridgehead atoms. The zero-order chi connectivity index (χ0) is 14.8. The Hall–Kier alpha value is -1.88. The third-order valence-corrected chi connectivity index (χ3v) is 4.08. The molecule has 2 aromatic rings. The molecule has 2 aromatic carbocycles. The van der Waals surface area contributed by atoms with Crippen LogP contribution in [0.3, 0.4) is 0 Å². The average molecular weight is 349 g/mol. The molecule has 0 saturated heterocycles. The summed E-state index contributed by atoms with van der Waals surface area (Å²) in [5.74, 6) is -0.449. The van der Waals surface area contributed by atoms with E-state index in [1.807, 2.05) is 18.2 Å². The van der Waals surface area contributed by atoms with Gasteiger partial charge >= 0.3 is 6.03 Å². The monoisotopic (exact) mass is 348 g/mol. The summed E-state index contributed by atoms with van der Waals surface area (Å²) in [5, 5.41) is 2.63. The Morgan fingerprint density at radius 1 is 1.19 bits per heavy atom. The molecule has 3 nitrogen and oxygen atoms in total. The SMILES string of the molecule is O=C(Nc1ccc(Br)cc1F)N1CCc2ccccc2C1. The minimum absolute atomic E-state index is 0.196. The van der Waals surface area contributed by atoms with Crippen LogP contribution in [0, 0.1) is 5.82 Å². The van der Waals surface area contributed by atoms with Crippen LogP contribution in [0.25, 0.3) is 0 Å². The van der Waals surface area contributed by atoms with Crippen LogP contribution >= 0.6 is 15.9 Å². The van der Waals surface area contributed by atoms with Gasteiger partial charge in [-0.15, -0.1) is 0 Å². The Labute approximate surface area is 130 Å². The van der Waals surface area contributed by atoms with Crippen molar-refractivity contribution in [2.75, 3.05) is 11.9 Å². The largest absolute Gasteiger partial charge is 0.322 e. The van der Waals surface area contributed by atoms with Crippen LogP contribution in [0.1, 0.15) is 11.1 Å². The second-order valence-electron chi connectivity index (χ2n) is 4.99. The summed E-state index contributed by atoms with van der Waals surface area (Å²) in [4.78, 5) is 13.9. The van der Waals surface area contributed by atoms with E-state index < -0.39 is 5.82 Å². The predicted molar refractivity (Wildman–Crippen MR) is 83.7 cm³/mol. The van der Waals surface area contributed by atoms with Gasteiger partial charge in [0.2, 0.25) is 0 Å². The van der Waals surface area contributed by atoms with Crippen molar-refractivity contribution in [2.45, 2.75) is 13.0 Å². The van der Waals surface area contributed by atoms with Gasteiger partial charge in [-0.2, -0.15) is 0 Å². The molecule has 21 heavy (non-hydrogen) atoms. The van der Waals surface area contributed by atoms with Crippen LogP contribution < -0.4 is 5.32 Å². The first-order valence-corrected chi connectivity index (χ1v) is 7.50. The van der Waals surface area contributed by atoms with Crippen molar-refractivity contribution in [1.82, 2.24) is 4.90 Å². The maximum Gasteiger partial charge on any atom is 0.322 e. The van der Waals surface area contributed by atoms with Crippen LogP contribution in [0.2, 0.25) is 0 Å². The van der Waals surface area contributed by atoms with Crippen LogP contribution in [0.5, 0.6) is 0 Å². The van der Waals surface area contributed by atoms with E-state index in [9.17, 15) is 9.18 Å². The van der Waals surface area contributed by atoms with Gasteiger partial charge in [0.1, 0.15) is 5.82 Å². The number of hydrogen-bond acceptors (Lipinski definition) is 1. The lowest BCUT2D eigenvalue weighted by atomic mass is 10.0. The highest BCUT2D eigenvalue weighted by Crippen LogP contribution is 2.22. The van der Waals surface area contributed by atoms with E-state index in [1.54, 1.807) is 17.0 Å². The van der Waals surface area contributed by atoms with Gasteiger partial charge < -0.3 is 10.2 Å². The smallest absolute Gasteiger partial charge is 0.320 e. The van der Waals surface area contributed by atoms with Gasteiger partial charge in [0, 0.05) is 17.6 Å². The average Bonchev–Trinajstić information content (AvgIpc) is 2.49. The molecule has 2 amide bonds. The zero-order valence-electron chi connectivity index (χ0n) is 11.3. The fourth-order valence-electron chi connectivity index (χ4n) is 2.45. The number of nitrogens with zero attached hydrogens (tertiary/aromatic N) is 1. The van der Waals surface area contributed by atoms with Gasteiger partial charge in [-0.3, -0.25) is 0 Å². The van der Waals surface area contributed by atoms with E-state index in [1.165, 1.54) is 11.6 Å².